The van der Waals surface area contributed by atoms with Gasteiger partial charge in [-0.25, -0.2) is 18.6 Å². The van der Waals surface area contributed by atoms with Crippen molar-refractivity contribution < 1.29 is 8.78 Å². The Morgan fingerprint density at radius 1 is 1.14 bits per heavy atom. The number of nitrogens with one attached hydrogen (secondary N) is 1. The number of pyridine rings is 1. The van der Waals surface area contributed by atoms with Crippen LogP contribution in [0.5, 0.6) is 0 Å². The lowest BCUT2D eigenvalue weighted by atomic mass is 10.1. The van der Waals surface area contributed by atoms with E-state index in [1.54, 1.807) is 12.1 Å². The molecule has 112 valence electrons. The van der Waals surface area contributed by atoms with Crippen LogP contribution < -0.4 is 10.6 Å². The van der Waals surface area contributed by atoms with Gasteiger partial charge >= 0.3 is 5.69 Å². The van der Waals surface area contributed by atoms with Crippen molar-refractivity contribution in [2.75, 3.05) is 18.0 Å². The van der Waals surface area contributed by atoms with Gasteiger partial charge in [-0.1, -0.05) is 12.1 Å². The average molecular weight is 302 g/mol. The third kappa shape index (κ3) is 1.97. The molecule has 5 nitrogen and oxygen atoms in total. The van der Waals surface area contributed by atoms with Crippen molar-refractivity contribution in [2.24, 2.45) is 0 Å². The summed E-state index contributed by atoms with van der Waals surface area (Å²) in [6, 6.07) is 10.7. The van der Waals surface area contributed by atoms with Crippen LogP contribution in [0.1, 0.15) is 0 Å². The Morgan fingerprint density at radius 3 is 2.59 bits per heavy atom. The van der Waals surface area contributed by atoms with Gasteiger partial charge in [0.15, 0.2) is 0 Å². The zero-order valence-corrected chi connectivity index (χ0v) is 11.5. The minimum Gasteiger partial charge on any atom is -0.344 e. The Labute approximate surface area is 123 Å². The molecule has 0 saturated carbocycles. The second kappa shape index (κ2) is 4.40. The van der Waals surface area contributed by atoms with Gasteiger partial charge in [-0.2, -0.15) is 0 Å². The quantitative estimate of drug-likeness (QED) is 0.789. The molecule has 4 rings (SSSR count). The molecule has 0 unspecified atom stereocenters. The minimum atomic E-state index is -2.63. The van der Waals surface area contributed by atoms with Crippen LogP contribution >= 0.6 is 0 Å². The second-order valence-corrected chi connectivity index (χ2v) is 5.37. The highest BCUT2D eigenvalue weighted by atomic mass is 19.3. The van der Waals surface area contributed by atoms with Gasteiger partial charge in [0.2, 0.25) is 0 Å². The van der Waals surface area contributed by atoms with E-state index in [-0.39, 0.29) is 18.8 Å². The normalized spacial score (nSPS) is 16.7. The number of anilines is 1. The summed E-state index contributed by atoms with van der Waals surface area (Å²) < 4.78 is 27.3. The van der Waals surface area contributed by atoms with Gasteiger partial charge in [-0.15, -0.1) is 0 Å². The SMILES string of the molecule is O=c1[nH]c2ccccc2n1-c1ccc(N2CC(F)(F)C2)nc1. The van der Waals surface area contributed by atoms with Gasteiger partial charge in [0, 0.05) is 0 Å². The molecule has 1 N–H and O–H groups in total. The number of aromatic amines is 1. The maximum absolute atomic E-state index is 12.9. The van der Waals surface area contributed by atoms with E-state index in [1.807, 2.05) is 24.3 Å². The van der Waals surface area contributed by atoms with Crippen molar-refractivity contribution in [3.63, 3.8) is 0 Å². The largest absolute Gasteiger partial charge is 0.344 e. The van der Waals surface area contributed by atoms with E-state index in [9.17, 15) is 13.6 Å². The van der Waals surface area contributed by atoms with Crippen LogP contribution in [0.25, 0.3) is 16.7 Å². The van der Waals surface area contributed by atoms with Gasteiger partial charge in [0.25, 0.3) is 5.92 Å². The number of hydrogen-bond donors (Lipinski definition) is 1. The lowest BCUT2D eigenvalue weighted by Crippen LogP contribution is -2.56. The van der Waals surface area contributed by atoms with Gasteiger partial charge in [0.05, 0.1) is 36.0 Å². The highest BCUT2D eigenvalue weighted by Gasteiger charge is 2.44. The first-order valence-electron chi connectivity index (χ1n) is 6.82. The van der Waals surface area contributed by atoms with Crippen molar-refractivity contribution in [1.29, 1.82) is 0 Å². The standard InChI is InChI=1S/C15H12F2N4O/c16-15(17)8-20(9-15)13-6-5-10(7-18-13)21-12-4-2-1-3-11(12)19-14(21)22/h1-7H,8-9H2,(H,19,22). The molecule has 1 aliphatic rings. The number of H-pyrrole nitrogens is 1. The Hall–Kier alpha value is -2.70. The van der Waals surface area contributed by atoms with Crippen LogP contribution in [0.3, 0.4) is 0 Å². The highest BCUT2D eigenvalue weighted by Crippen LogP contribution is 2.30. The topological polar surface area (TPSA) is 53.9 Å². The van der Waals surface area contributed by atoms with E-state index in [1.165, 1.54) is 15.7 Å². The summed E-state index contributed by atoms with van der Waals surface area (Å²) in [4.78, 5) is 20.5. The Kier molecular flexibility index (Phi) is 2.60. The molecule has 0 aliphatic carbocycles. The molecular weight excluding hydrogens is 290 g/mol. The maximum Gasteiger partial charge on any atom is 0.331 e. The van der Waals surface area contributed by atoms with Crippen LogP contribution in [0.2, 0.25) is 0 Å². The summed E-state index contributed by atoms with van der Waals surface area (Å²) in [6.07, 6.45) is 1.52. The zero-order chi connectivity index (χ0) is 15.3. The van der Waals surface area contributed by atoms with E-state index >= 15 is 0 Å². The summed E-state index contributed by atoms with van der Waals surface area (Å²) in [5.74, 6) is -2.14. The van der Waals surface area contributed by atoms with Crippen LogP contribution in [-0.4, -0.2) is 33.5 Å². The highest BCUT2D eigenvalue weighted by molar-refractivity contribution is 5.77. The third-order valence-electron chi connectivity index (χ3n) is 3.75. The first-order valence-corrected chi connectivity index (χ1v) is 6.82. The number of fused-ring (bicyclic) bond motifs is 1. The molecule has 1 aliphatic heterocycles. The molecule has 2 aromatic heterocycles. The molecule has 1 saturated heterocycles. The fraction of sp³-hybridized carbons (Fsp3) is 0.200. The van der Waals surface area contributed by atoms with E-state index in [0.717, 1.165) is 11.0 Å². The smallest absolute Gasteiger partial charge is 0.331 e. The van der Waals surface area contributed by atoms with Crippen molar-refractivity contribution >= 4 is 16.9 Å². The van der Waals surface area contributed by atoms with Crippen molar-refractivity contribution in [3.8, 4) is 5.69 Å². The third-order valence-corrected chi connectivity index (χ3v) is 3.75. The predicted octanol–water partition coefficient (Wildman–Crippen LogP) is 2.17. The summed E-state index contributed by atoms with van der Waals surface area (Å²) in [7, 11) is 0. The lowest BCUT2D eigenvalue weighted by Gasteiger charge is -2.39. The number of nitrogens with zero attached hydrogens (tertiary/aromatic N) is 3. The second-order valence-electron chi connectivity index (χ2n) is 5.37. The van der Waals surface area contributed by atoms with Crippen LogP contribution in [0.4, 0.5) is 14.6 Å². The van der Waals surface area contributed by atoms with Crippen molar-refractivity contribution in [3.05, 3.63) is 53.1 Å². The summed E-state index contributed by atoms with van der Waals surface area (Å²) in [5, 5.41) is 0. The van der Waals surface area contributed by atoms with Crippen molar-refractivity contribution in [1.82, 2.24) is 14.5 Å². The molecule has 0 radical (unpaired) electrons. The van der Waals surface area contributed by atoms with Crippen LogP contribution in [0, 0.1) is 0 Å². The average Bonchev–Trinajstić information content (AvgIpc) is 2.81. The molecule has 0 bridgehead atoms. The van der Waals surface area contributed by atoms with E-state index in [4.69, 9.17) is 0 Å². The van der Waals surface area contributed by atoms with E-state index < -0.39 is 5.92 Å². The zero-order valence-electron chi connectivity index (χ0n) is 11.5. The summed E-state index contributed by atoms with van der Waals surface area (Å²) >= 11 is 0. The fourth-order valence-corrected chi connectivity index (χ4v) is 2.68. The lowest BCUT2D eigenvalue weighted by molar-refractivity contribution is -0.0266. The molecule has 0 atom stereocenters. The molecule has 0 amide bonds. The Morgan fingerprint density at radius 2 is 1.91 bits per heavy atom. The van der Waals surface area contributed by atoms with Crippen molar-refractivity contribution in [2.45, 2.75) is 5.92 Å². The molecule has 3 aromatic rings. The number of aromatic nitrogens is 3. The number of hydrogen-bond acceptors (Lipinski definition) is 3. The fourth-order valence-electron chi connectivity index (χ4n) is 2.68. The van der Waals surface area contributed by atoms with E-state index in [0.29, 0.717) is 11.5 Å². The Balaban J connectivity index is 1.71. The van der Waals surface area contributed by atoms with Crippen LogP contribution in [0.15, 0.2) is 47.4 Å². The predicted molar refractivity (Wildman–Crippen MR) is 78.9 cm³/mol. The summed E-state index contributed by atoms with van der Waals surface area (Å²) in [5.41, 5.74) is 1.82. The maximum atomic E-state index is 12.9. The van der Waals surface area contributed by atoms with Gasteiger partial charge in [0.1, 0.15) is 5.82 Å². The van der Waals surface area contributed by atoms with E-state index in [2.05, 4.69) is 9.97 Å². The van der Waals surface area contributed by atoms with Gasteiger partial charge in [-0.05, 0) is 24.3 Å². The number of imidazole rings is 1. The number of alkyl halides is 2. The number of halogens is 2. The molecule has 3 heterocycles. The molecular formula is C15H12F2N4O. The van der Waals surface area contributed by atoms with Gasteiger partial charge < -0.3 is 9.88 Å². The molecule has 1 fully saturated rings. The monoisotopic (exact) mass is 302 g/mol. The Bertz CT molecular complexity index is 890. The minimum absolute atomic E-state index is 0.258. The molecule has 0 spiro atoms. The number of para-hydroxylation sites is 2. The first-order chi connectivity index (χ1) is 10.5. The molecule has 22 heavy (non-hydrogen) atoms. The summed E-state index contributed by atoms with van der Waals surface area (Å²) in [6.45, 7) is -0.626. The molecule has 1 aromatic carbocycles. The first kappa shape index (κ1) is 13.0. The number of benzene rings is 1. The molecule has 7 heteroatoms. The number of rotatable bonds is 2. The van der Waals surface area contributed by atoms with Gasteiger partial charge in [-0.3, -0.25) is 4.57 Å². The van der Waals surface area contributed by atoms with Crippen LogP contribution in [-0.2, 0) is 0 Å².